The van der Waals surface area contributed by atoms with Gasteiger partial charge in [-0.05, 0) is 33.6 Å². The van der Waals surface area contributed by atoms with Crippen molar-refractivity contribution in [2.24, 2.45) is 0 Å². The van der Waals surface area contributed by atoms with E-state index in [9.17, 15) is 0 Å². The summed E-state index contributed by atoms with van der Waals surface area (Å²) in [5.41, 5.74) is 1.32. The quantitative estimate of drug-likeness (QED) is 0.845. The van der Waals surface area contributed by atoms with Crippen molar-refractivity contribution in [3.8, 4) is 11.5 Å². The van der Waals surface area contributed by atoms with Crippen LogP contribution in [0.15, 0.2) is 16.6 Å². The van der Waals surface area contributed by atoms with Crippen LogP contribution in [0.2, 0.25) is 0 Å². The minimum Gasteiger partial charge on any atom is -0.486 e. The summed E-state index contributed by atoms with van der Waals surface area (Å²) in [4.78, 5) is 0. The van der Waals surface area contributed by atoms with Crippen molar-refractivity contribution in [1.82, 2.24) is 5.32 Å². The van der Waals surface area contributed by atoms with Gasteiger partial charge in [0, 0.05) is 19.0 Å². The van der Waals surface area contributed by atoms with Crippen molar-refractivity contribution in [2.45, 2.75) is 5.92 Å². The second kappa shape index (κ2) is 3.68. The first-order chi connectivity index (χ1) is 7.34. The van der Waals surface area contributed by atoms with Crippen LogP contribution in [-0.4, -0.2) is 26.3 Å². The lowest BCUT2D eigenvalue weighted by Crippen LogP contribution is -2.39. The Balaban J connectivity index is 2.00. The largest absolute Gasteiger partial charge is 0.486 e. The second-order valence-corrected chi connectivity index (χ2v) is 4.74. The molecule has 3 nitrogen and oxygen atoms in total. The van der Waals surface area contributed by atoms with Gasteiger partial charge in [-0.2, -0.15) is 0 Å². The lowest BCUT2D eigenvalue weighted by molar-refractivity contribution is 0.170. The molecule has 0 aliphatic carbocycles. The number of fused-ring (bicyclic) bond motifs is 1. The highest BCUT2D eigenvalue weighted by Gasteiger charge is 2.23. The SMILES string of the molecule is Brc1cc(C2CNC2)cc2c1OCCO2. The number of nitrogens with one attached hydrogen (secondary N) is 1. The van der Waals surface area contributed by atoms with Gasteiger partial charge in [0.25, 0.3) is 0 Å². The molecule has 0 radical (unpaired) electrons. The first kappa shape index (κ1) is 9.48. The third kappa shape index (κ3) is 1.62. The lowest BCUT2D eigenvalue weighted by atomic mass is 9.93. The maximum Gasteiger partial charge on any atom is 0.175 e. The summed E-state index contributed by atoms with van der Waals surface area (Å²) in [5.74, 6) is 2.34. The fourth-order valence-corrected chi connectivity index (χ4v) is 2.47. The zero-order chi connectivity index (χ0) is 10.3. The molecular weight excluding hydrogens is 258 g/mol. The Kier molecular flexibility index (Phi) is 2.33. The van der Waals surface area contributed by atoms with Crippen LogP contribution in [0.1, 0.15) is 11.5 Å². The highest BCUT2D eigenvalue weighted by atomic mass is 79.9. The molecule has 0 bridgehead atoms. The van der Waals surface area contributed by atoms with Crippen LogP contribution in [0.4, 0.5) is 0 Å². The third-order valence-electron chi connectivity index (χ3n) is 2.87. The fourth-order valence-electron chi connectivity index (χ4n) is 1.89. The van der Waals surface area contributed by atoms with E-state index in [0.29, 0.717) is 19.1 Å². The third-order valence-corrected chi connectivity index (χ3v) is 3.46. The Labute approximate surface area is 96.9 Å². The first-order valence-corrected chi connectivity index (χ1v) is 5.93. The smallest absolute Gasteiger partial charge is 0.175 e. The first-order valence-electron chi connectivity index (χ1n) is 5.14. The molecule has 1 aromatic carbocycles. The summed E-state index contributed by atoms with van der Waals surface area (Å²) in [6.45, 7) is 3.40. The molecule has 4 heteroatoms. The molecule has 3 rings (SSSR count). The summed E-state index contributed by atoms with van der Waals surface area (Å²) in [5, 5.41) is 3.27. The second-order valence-electron chi connectivity index (χ2n) is 3.88. The molecule has 1 fully saturated rings. The van der Waals surface area contributed by atoms with Gasteiger partial charge >= 0.3 is 0 Å². The van der Waals surface area contributed by atoms with Crippen molar-refractivity contribution in [3.05, 3.63) is 22.2 Å². The molecule has 0 amide bonds. The molecule has 0 saturated carbocycles. The maximum absolute atomic E-state index is 5.59. The zero-order valence-corrected chi connectivity index (χ0v) is 9.84. The Morgan fingerprint density at radius 3 is 2.73 bits per heavy atom. The monoisotopic (exact) mass is 269 g/mol. The fraction of sp³-hybridized carbons (Fsp3) is 0.455. The van der Waals surface area contributed by atoms with Crippen LogP contribution in [0.5, 0.6) is 11.5 Å². The average molecular weight is 270 g/mol. The van der Waals surface area contributed by atoms with E-state index in [2.05, 4.69) is 33.4 Å². The summed E-state index contributed by atoms with van der Waals surface area (Å²) in [6.07, 6.45) is 0. The van der Waals surface area contributed by atoms with Gasteiger partial charge in [-0.15, -0.1) is 0 Å². The molecule has 2 aliphatic heterocycles. The molecule has 0 unspecified atom stereocenters. The summed E-state index contributed by atoms with van der Waals surface area (Å²) < 4.78 is 12.1. The number of benzene rings is 1. The molecule has 2 heterocycles. The molecule has 15 heavy (non-hydrogen) atoms. The average Bonchev–Trinajstić information content (AvgIpc) is 2.15. The summed E-state index contributed by atoms with van der Waals surface area (Å²) in [6, 6.07) is 4.24. The van der Waals surface area contributed by atoms with Gasteiger partial charge in [-0.25, -0.2) is 0 Å². The van der Waals surface area contributed by atoms with Gasteiger partial charge < -0.3 is 14.8 Å². The van der Waals surface area contributed by atoms with Gasteiger partial charge in [0.2, 0.25) is 0 Å². The van der Waals surface area contributed by atoms with Gasteiger partial charge in [-0.1, -0.05) is 0 Å². The molecule has 0 spiro atoms. The van der Waals surface area contributed by atoms with Crippen LogP contribution in [0.3, 0.4) is 0 Å². The van der Waals surface area contributed by atoms with E-state index in [1.54, 1.807) is 0 Å². The van der Waals surface area contributed by atoms with E-state index in [-0.39, 0.29) is 0 Å². The van der Waals surface area contributed by atoms with Gasteiger partial charge in [-0.3, -0.25) is 0 Å². The predicted octanol–water partition coefficient (Wildman–Crippen LogP) is 1.91. The number of halogens is 1. The molecule has 0 aromatic heterocycles. The van der Waals surface area contributed by atoms with Crippen molar-refractivity contribution in [3.63, 3.8) is 0 Å². The van der Waals surface area contributed by atoms with E-state index >= 15 is 0 Å². The van der Waals surface area contributed by atoms with Crippen LogP contribution in [0.25, 0.3) is 0 Å². The number of ether oxygens (including phenoxy) is 2. The van der Waals surface area contributed by atoms with Crippen molar-refractivity contribution in [1.29, 1.82) is 0 Å². The Morgan fingerprint density at radius 2 is 2.00 bits per heavy atom. The van der Waals surface area contributed by atoms with Gasteiger partial charge in [0.05, 0.1) is 4.47 Å². The molecular formula is C11H12BrNO2. The molecule has 1 N–H and O–H groups in total. The molecule has 1 aromatic rings. The number of hydrogen-bond acceptors (Lipinski definition) is 3. The maximum atomic E-state index is 5.59. The molecule has 1 saturated heterocycles. The zero-order valence-electron chi connectivity index (χ0n) is 8.25. The molecule has 0 atom stereocenters. The Hall–Kier alpha value is -0.740. The van der Waals surface area contributed by atoms with E-state index in [4.69, 9.17) is 9.47 Å². The molecule has 2 aliphatic rings. The van der Waals surface area contributed by atoms with E-state index in [0.717, 1.165) is 29.1 Å². The predicted molar refractivity (Wildman–Crippen MR) is 60.7 cm³/mol. The van der Waals surface area contributed by atoms with Gasteiger partial charge in [0.1, 0.15) is 13.2 Å². The highest BCUT2D eigenvalue weighted by Crippen LogP contribution is 2.40. The lowest BCUT2D eigenvalue weighted by Gasteiger charge is -2.29. The molecule has 80 valence electrons. The summed E-state index contributed by atoms with van der Waals surface area (Å²) >= 11 is 3.53. The Morgan fingerprint density at radius 1 is 1.20 bits per heavy atom. The topological polar surface area (TPSA) is 30.5 Å². The normalized spacial score (nSPS) is 19.8. The number of hydrogen-bond donors (Lipinski definition) is 1. The highest BCUT2D eigenvalue weighted by molar-refractivity contribution is 9.10. The van der Waals surface area contributed by atoms with Crippen molar-refractivity contribution < 1.29 is 9.47 Å². The van der Waals surface area contributed by atoms with Crippen LogP contribution < -0.4 is 14.8 Å². The standard InChI is InChI=1S/C11H12BrNO2/c12-9-3-7(8-5-13-6-8)4-10-11(9)15-2-1-14-10/h3-4,8,13H,1-2,5-6H2. The minimum absolute atomic E-state index is 0.622. The Bertz CT molecular complexity index is 390. The van der Waals surface area contributed by atoms with E-state index < -0.39 is 0 Å². The summed E-state index contributed by atoms with van der Waals surface area (Å²) in [7, 11) is 0. The van der Waals surface area contributed by atoms with Crippen molar-refractivity contribution in [2.75, 3.05) is 26.3 Å². The van der Waals surface area contributed by atoms with Crippen molar-refractivity contribution >= 4 is 15.9 Å². The van der Waals surface area contributed by atoms with E-state index in [1.807, 2.05) is 0 Å². The minimum atomic E-state index is 0.622. The van der Waals surface area contributed by atoms with Gasteiger partial charge in [0.15, 0.2) is 11.5 Å². The van der Waals surface area contributed by atoms with Crippen LogP contribution in [0, 0.1) is 0 Å². The van der Waals surface area contributed by atoms with E-state index in [1.165, 1.54) is 5.56 Å². The van der Waals surface area contributed by atoms with Crippen LogP contribution in [-0.2, 0) is 0 Å². The number of rotatable bonds is 1. The van der Waals surface area contributed by atoms with Crippen LogP contribution >= 0.6 is 15.9 Å².